The molecule has 0 aliphatic heterocycles. The lowest BCUT2D eigenvalue weighted by Crippen LogP contribution is -2.39. The zero-order valence-corrected chi connectivity index (χ0v) is 10.6. The van der Waals surface area contributed by atoms with Crippen LogP contribution in [0.25, 0.3) is 11.1 Å². The molecule has 1 aromatic heterocycles. The number of amides is 1. The molecule has 0 spiro atoms. The minimum atomic E-state index is -0.525. The van der Waals surface area contributed by atoms with Gasteiger partial charge in [0.1, 0.15) is 10.9 Å². The molecule has 1 N–H and O–H groups in total. The molecule has 1 aliphatic rings. The van der Waals surface area contributed by atoms with Crippen LogP contribution in [-0.2, 0) is 10.2 Å². The number of carbonyl (C=O) groups is 1. The Morgan fingerprint density at radius 3 is 2.72 bits per heavy atom. The summed E-state index contributed by atoms with van der Waals surface area (Å²) in [7, 11) is 0. The summed E-state index contributed by atoms with van der Waals surface area (Å²) < 4.78 is 5.73. The SMILES string of the molecule is CC(C)NC(=O)C1(c2nc3ccccc3o2)CC1. The van der Waals surface area contributed by atoms with E-state index < -0.39 is 5.41 Å². The van der Waals surface area contributed by atoms with Gasteiger partial charge in [0, 0.05) is 6.04 Å². The lowest BCUT2D eigenvalue weighted by Gasteiger charge is -2.14. The van der Waals surface area contributed by atoms with E-state index in [-0.39, 0.29) is 11.9 Å². The Hall–Kier alpha value is -1.84. The van der Waals surface area contributed by atoms with Crippen molar-refractivity contribution in [1.29, 1.82) is 0 Å². The van der Waals surface area contributed by atoms with Crippen LogP contribution in [0.4, 0.5) is 0 Å². The Labute approximate surface area is 105 Å². The van der Waals surface area contributed by atoms with Crippen LogP contribution in [0.15, 0.2) is 28.7 Å². The number of aromatic nitrogens is 1. The molecule has 94 valence electrons. The van der Waals surface area contributed by atoms with Crippen LogP contribution in [0.1, 0.15) is 32.6 Å². The van der Waals surface area contributed by atoms with Crippen molar-refractivity contribution in [3.63, 3.8) is 0 Å². The molecule has 0 atom stereocenters. The van der Waals surface area contributed by atoms with E-state index in [0.717, 1.165) is 23.9 Å². The monoisotopic (exact) mass is 244 g/mol. The third kappa shape index (κ3) is 1.68. The molecule has 1 heterocycles. The van der Waals surface area contributed by atoms with Gasteiger partial charge >= 0.3 is 0 Å². The summed E-state index contributed by atoms with van der Waals surface area (Å²) in [5.74, 6) is 0.589. The predicted octanol–water partition coefficient (Wildman–Crippen LogP) is 2.38. The first-order valence-corrected chi connectivity index (χ1v) is 6.29. The fourth-order valence-electron chi connectivity index (χ4n) is 2.14. The smallest absolute Gasteiger partial charge is 0.235 e. The largest absolute Gasteiger partial charge is 0.440 e. The van der Waals surface area contributed by atoms with Gasteiger partial charge in [-0.3, -0.25) is 4.79 Å². The van der Waals surface area contributed by atoms with Crippen molar-refractivity contribution >= 4 is 17.0 Å². The highest BCUT2D eigenvalue weighted by Gasteiger charge is 2.55. The number of nitrogens with one attached hydrogen (secondary N) is 1. The molecular formula is C14H16N2O2. The van der Waals surface area contributed by atoms with Crippen molar-refractivity contribution in [2.75, 3.05) is 0 Å². The normalized spacial score (nSPS) is 17.1. The van der Waals surface area contributed by atoms with Crippen LogP contribution in [0, 0.1) is 0 Å². The number of rotatable bonds is 3. The molecule has 1 saturated carbocycles. The highest BCUT2D eigenvalue weighted by Crippen LogP contribution is 2.48. The molecule has 1 aromatic carbocycles. The Morgan fingerprint density at radius 1 is 1.39 bits per heavy atom. The van der Waals surface area contributed by atoms with E-state index in [1.807, 2.05) is 38.1 Å². The lowest BCUT2D eigenvalue weighted by atomic mass is 10.1. The van der Waals surface area contributed by atoms with E-state index in [2.05, 4.69) is 10.3 Å². The molecule has 1 aliphatic carbocycles. The van der Waals surface area contributed by atoms with Crippen LogP contribution in [0.5, 0.6) is 0 Å². The summed E-state index contributed by atoms with van der Waals surface area (Å²) in [6, 6.07) is 7.74. The number of hydrogen-bond donors (Lipinski definition) is 1. The molecule has 4 nitrogen and oxygen atoms in total. The number of para-hydroxylation sites is 2. The molecule has 2 aromatic rings. The Morgan fingerprint density at radius 2 is 2.11 bits per heavy atom. The maximum atomic E-state index is 12.2. The third-order valence-corrected chi connectivity index (χ3v) is 3.31. The fraction of sp³-hybridized carbons (Fsp3) is 0.429. The Bertz CT molecular complexity index is 564. The van der Waals surface area contributed by atoms with Gasteiger partial charge in [0.15, 0.2) is 5.58 Å². The number of nitrogens with zero attached hydrogens (tertiary/aromatic N) is 1. The second-order valence-electron chi connectivity index (χ2n) is 5.20. The van der Waals surface area contributed by atoms with E-state index in [1.165, 1.54) is 0 Å². The molecule has 18 heavy (non-hydrogen) atoms. The van der Waals surface area contributed by atoms with Crippen molar-refractivity contribution in [3.05, 3.63) is 30.2 Å². The first-order chi connectivity index (χ1) is 8.62. The quantitative estimate of drug-likeness (QED) is 0.901. The van der Waals surface area contributed by atoms with Crippen LogP contribution in [0.3, 0.4) is 0 Å². The molecule has 0 saturated heterocycles. The molecule has 3 rings (SSSR count). The average molecular weight is 244 g/mol. The van der Waals surface area contributed by atoms with Crippen molar-refractivity contribution < 1.29 is 9.21 Å². The zero-order valence-electron chi connectivity index (χ0n) is 10.6. The van der Waals surface area contributed by atoms with Gasteiger partial charge in [-0.15, -0.1) is 0 Å². The van der Waals surface area contributed by atoms with Gasteiger partial charge in [0.25, 0.3) is 0 Å². The maximum absolute atomic E-state index is 12.2. The highest BCUT2D eigenvalue weighted by molar-refractivity contribution is 5.91. The first kappa shape index (κ1) is 11.3. The Kier molecular flexibility index (Phi) is 2.40. The van der Waals surface area contributed by atoms with Gasteiger partial charge in [-0.25, -0.2) is 4.98 Å². The van der Waals surface area contributed by atoms with Gasteiger partial charge in [-0.2, -0.15) is 0 Å². The van der Waals surface area contributed by atoms with Crippen molar-refractivity contribution in [2.45, 2.75) is 38.1 Å². The highest BCUT2D eigenvalue weighted by atomic mass is 16.4. The average Bonchev–Trinajstić information content (AvgIpc) is 3.02. The summed E-state index contributed by atoms with van der Waals surface area (Å²) in [6.07, 6.45) is 1.64. The molecule has 4 heteroatoms. The summed E-state index contributed by atoms with van der Waals surface area (Å²) in [5.41, 5.74) is 1.04. The van der Waals surface area contributed by atoms with Crippen LogP contribution < -0.4 is 5.32 Å². The minimum Gasteiger partial charge on any atom is -0.440 e. The number of benzene rings is 1. The zero-order chi connectivity index (χ0) is 12.8. The van der Waals surface area contributed by atoms with E-state index in [0.29, 0.717) is 5.89 Å². The van der Waals surface area contributed by atoms with Crippen molar-refractivity contribution in [1.82, 2.24) is 10.3 Å². The number of oxazole rings is 1. The van der Waals surface area contributed by atoms with Crippen LogP contribution in [0.2, 0.25) is 0 Å². The minimum absolute atomic E-state index is 0.0315. The molecule has 0 radical (unpaired) electrons. The predicted molar refractivity (Wildman–Crippen MR) is 68.2 cm³/mol. The van der Waals surface area contributed by atoms with Gasteiger partial charge in [0.2, 0.25) is 11.8 Å². The first-order valence-electron chi connectivity index (χ1n) is 6.29. The Balaban J connectivity index is 1.96. The summed E-state index contributed by atoms with van der Waals surface area (Å²) >= 11 is 0. The van der Waals surface area contributed by atoms with Crippen molar-refractivity contribution in [2.24, 2.45) is 0 Å². The molecular weight excluding hydrogens is 228 g/mol. The second-order valence-corrected chi connectivity index (χ2v) is 5.20. The summed E-state index contributed by atoms with van der Waals surface area (Å²) in [6.45, 7) is 3.92. The van der Waals surface area contributed by atoms with Crippen LogP contribution in [-0.4, -0.2) is 16.9 Å². The van der Waals surface area contributed by atoms with Crippen molar-refractivity contribution in [3.8, 4) is 0 Å². The number of hydrogen-bond acceptors (Lipinski definition) is 3. The van der Waals surface area contributed by atoms with Gasteiger partial charge in [0.05, 0.1) is 0 Å². The lowest BCUT2D eigenvalue weighted by molar-refractivity contribution is -0.124. The van der Waals surface area contributed by atoms with Gasteiger partial charge in [-0.05, 0) is 38.8 Å². The summed E-state index contributed by atoms with van der Waals surface area (Å²) in [4.78, 5) is 16.7. The fourth-order valence-corrected chi connectivity index (χ4v) is 2.14. The molecule has 0 bridgehead atoms. The molecule has 1 fully saturated rings. The van der Waals surface area contributed by atoms with E-state index in [9.17, 15) is 4.79 Å². The van der Waals surface area contributed by atoms with Gasteiger partial charge in [-0.1, -0.05) is 12.1 Å². The van der Waals surface area contributed by atoms with Crippen LogP contribution >= 0.6 is 0 Å². The van der Waals surface area contributed by atoms with E-state index in [1.54, 1.807) is 0 Å². The number of fused-ring (bicyclic) bond motifs is 1. The molecule has 1 amide bonds. The topological polar surface area (TPSA) is 55.1 Å². The third-order valence-electron chi connectivity index (χ3n) is 3.31. The molecule has 0 unspecified atom stereocenters. The number of carbonyl (C=O) groups excluding carboxylic acids is 1. The standard InChI is InChI=1S/C14H16N2O2/c1-9(2)15-12(17)14(7-8-14)13-16-10-5-3-4-6-11(10)18-13/h3-6,9H,7-8H2,1-2H3,(H,15,17). The van der Waals surface area contributed by atoms with E-state index >= 15 is 0 Å². The van der Waals surface area contributed by atoms with Gasteiger partial charge < -0.3 is 9.73 Å². The van der Waals surface area contributed by atoms with E-state index in [4.69, 9.17) is 4.42 Å². The second kappa shape index (κ2) is 3.83. The maximum Gasteiger partial charge on any atom is 0.235 e. The summed E-state index contributed by atoms with van der Waals surface area (Å²) in [5, 5.41) is 2.95.